The zero-order chi connectivity index (χ0) is 11.5. The van der Waals surface area contributed by atoms with Crippen LogP contribution >= 0.6 is 11.6 Å². The monoisotopic (exact) mass is 247 g/mol. The molecule has 0 atom stereocenters. The number of hydrogen-bond donors (Lipinski definition) is 0. The second-order valence-corrected chi connectivity index (χ2v) is 6.13. The highest BCUT2D eigenvalue weighted by molar-refractivity contribution is 7.90. The number of hydrogen-bond acceptors (Lipinski definition) is 2. The molecule has 0 amide bonds. The maximum absolute atomic E-state index is 11.4. The Labute approximate surface area is 95.7 Å². The molecular weight excluding hydrogens is 234 g/mol. The Morgan fingerprint density at radius 1 is 1.40 bits per heavy atom. The summed E-state index contributed by atoms with van der Waals surface area (Å²) in [7, 11) is -1.78. The first kappa shape index (κ1) is 12.5. The molecule has 0 bridgehead atoms. The van der Waals surface area contributed by atoms with Gasteiger partial charge in [-0.25, -0.2) is 8.42 Å². The molecule has 0 heterocycles. The van der Waals surface area contributed by atoms with Crippen LogP contribution in [0, 0.1) is 6.92 Å². The van der Waals surface area contributed by atoms with E-state index >= 15 is 0 Å². The molecule has 3 nitrogen and oxygen atoms in total. The Hall–Kier alpha value is -0.580. The van der Waals surface area contributed by atoms with Gasteiger partial charge in [-0.3, -0.25) is 0 Å². The number of alkyl halides is 1. The molecule has 0 aromatic heterocycles. The maximum Gasteiger partial charge on any atom is 0.228 e. The van der Waals surface area contributed by atoms with E-state index in [1.54, 1.807) is 0 Å². The van der Waals surface area contributed by atoms with Gasteiger partial charge in [0.05, 0.1) is 0 Å². The lowest BCUT2D eigenvalue weighted by Crippen LogP contribution is -2.27. The number of aryl methyl sites for hydroxylation is 1. The van der Waals surface area contributed by atoms with Crippen molar-refractivity contribution in [3.63, 3.8) is 0 Å². The van der Waals surface area contributed by atoms with Crippen LogP contribution in [-0.2, 0) is 16.6 Å². The molecule has 0 saturated carbocycles. The molecule has 1 rings (SSSR count). The predicted octanol–water partition coefficient (Wildman–Crippen LogP) is 1.95. The first-order valence-electron chi connectivity index (χ1n) is 4.51. The molecule has 0 aliphatic carbocycles. The Balaban J connectivity index is 2.79. The lowest BCUT2D eigenvalue weighted by Gasteiger charge is -2.15. The molecule has 0 spiro atoms. The molecule has 0 radical (unpaired) electrons. The summed E-state index contributed by atoms with van der Waals surface area (Å²) in [6.07, 6.45) is 0. The van der Waals surface area contributed by atoms with Crippen molar-refractivity contribution in [1.29, 1.82) is 0 Å². The second-order valence-electron chi connectivity index (χ2n) is 3.47. The van der Waals surface area contributed by atoms with Crippen molar-refractivity contribution in [3.05, 3.63) is 35.4 Å². The lowest BCUT2D eigenvalue weighted by atomic mass is 10.1. The Morgan fingerprint density at radius 3 is 2.60 bits per heavy atom. The van der Waals surface area contributed by atoms with Crippen LogP contribution in [0.4, 0.5) is 0 Å². The third-order valence-electron chi connectivity index (χ3n) is 2.10. The highest BCUT2D eigenvalue weighted by Gasteiger charge is 2.15. The number of sulfonamides is 1. The SMILES string of the molecule is Cc1cccc(CN(C)S(=O)(=O)CCl)c1. The van der Waals surface area contributed by atoms with Gasteiger partial charge in [0.25, 0.3) is 0 Å². The number of benzene rings is 1. The molecule has 0 saturated heterocycles. The van der Waals surface area contributed by atoms with Gasteiger partial charge < -0.3 is 0 Å². The van der Waals surface area contributed by atoms with Crippen molar-refractivity contribution in [2.75, 3.05) is 12.3 Å². The second kappa shape index (κ2) is 4.96. The number of nitrogens with zero attached hydrogens (tertiary/aromatic N) is 1. The van der Waals surface area contributed by atoms with Crippen molar-refractivity contribution in [1.82, 2.24) is 4.31 Å². The topological polar surface area (TPSA) is 37.4 Å². The van der Waals surface area contributed by atoms with Gasteiger partial charge in [-0.2, -0.15) is 4.31 Å². The van der Waals surface area contributed by atoms with Crippen molar-refractivity contribution in [2.24, 2.45) is 0 Å². The van der Waals surface area contributed by atoms with Gasteiger partial charge in [0, 0.05) is 13.6 Å². The van der Waals surface area contributed by atoms with Crippen LogP contribution in [0.15, 0.2) is 24.3 Å². The van der Waals surface area contributed by atoms with Gasteiger partial charge in [0.1, 0.15) is 5.21 Å². The van der Waals surface area contributed by atoms with E-state index in [9.17, 15) is 8.42 Å². The van der Waals surface area contributed by atoms with Gasteiger partial charge in [-0.1, -0.05) is 29.8 Å². The smallest absolute Gasteiger partial charge is 0.211 e. The summed E-state index contributed by atoms with van der Waals surface area (Å²) in [6, 6.07) is 7.73. The van der Waals surface area contributed by atoms with Gasteiger partial charge in [-0.05, 0) is 12.5 Å². The summed E-state index contributed by atoms with van der Waals surface area (Å²) in [4.78, 5) is 0. The predicted molar refractivity (Wildman–Crippen MR) is 62.3 cm³/mol. The van der Waals surface area contributed by atoms with E-state index in [4.69, 9.17) is 11.6 Å². The normalized spacial score (nSPS) is 12.0. The van der Waals surface area contributed by atoms with Crippen molar-refractivity contribution >= 4 is 21.6 Å². The summed E-state index contributed by atoms with van der Waals surface area (Å²) in [6.45, 7) is 2.33. The maximum atomic E-state index is 11.4. The van der Waals surface area contributed by atoms with Crippen LogP contribution in [0.1, 0.15) is 11.1 Å². The first-order valence-corrected chi connectivity index (χ1v) is 6.65. The summed E-state index contributed by atoms with van der Waals surface area (Å²) < 4.78 is 24.0. The quantitative estimate of drug-likeness (QED) is 0.763. The van der Waals surface area contributed by atoms with Gasteiger partial charge in [-0.15, -0.1) is 11.6 Å². The Kier molecular flexibility index (Phi) is 4.13. The highest BCUT2D eigenvalue weighted by atomic mass is 35.5. The molecule has 1 aromatic rings. The average molecular weight is 248 g/mol. The molecule has 1 aromatic carbocycles. The van der Waals surface area contributed by atoms with Crippen LogP contribution < -0.4 is 0 Å². The van der Waals surface area contributed by atoms with Crippen LogP contribution in [0.3, 0.4) is 0 Å². The largest absolute Gasteiger partial charge is 0.228 e. The van der Waals surface area contributed by atoms with E-state index in [0.717, 1.165) is 11.1 Å². The van der Waals surface area contributed by atoms with E-state index in [2.05, 4.69) is 0 Å². The fraction of sp³-hybridized carbons (Fsp3) is 0.400. The fourth-order valence-corrected chi connectivity index (χ4v) is 2.26. The molecule has 84 valence electrons. The van der Waals surface area contributed by atoms with Crippen LogP contribution in [-0.4, -0.2) is 25.0 Å². The third kappa shape index (κ3) is 3.48. The highest BCUT2D eigenvalue weighted by Crippen LogP contribution is 2.10. The summed E-state index contributed by atoms with van der Waals surface area (Å²) in [5, 5.41) is -0.380. The molecule has 0 aliphatic rings. The van der Waals surface area contributed by atoms with E-state index < -0.39 is 10.0 Å². The van der Waals surface area contributed by atoms with Crippen LogP contribution in [0.25, 0.3) is 0 Å². The molecule has 0 aliphatic heterocycles. The van der Waals surface area contributed by atoms with E-state index in [1.165, 1.54) is 11.4 Å². The fourth-order valence-electron chi connectivity index (χ4n) is 1.25. The summed E-state index contributed by atoms with van der Waals surface area (Å²) >= 11 is 5.36. The first-order chi connectivity index (χ1) is 6.95. The van der Waals surface area contributed by atoms with Crippen LogP contribution in [0.2, 0.25) is 0 Å². The zero-order valence-corrected chi connectivity index (χ0v) is 10.3. The Bertz CT molecular complexity index is 431. The third-order valence-corrected chi connectivity index (χ3v) is 4.28. The zero-order valence-electron chi connectivity index (χ0n) is 8.77. The van der Waals surface area contributed by atoms with E-state index in [-0.39, 0.29) is 5.21 Å². The minimum Gasteiger partial charge on any atom is -0.211 e. The van der Waals surface area contributed by atoms with Crippen molar-refractivity contribution in [2.45, 2.75) is 13.5 Å². The molecule has 15 heavy (non-hydrogen) atoms. The molecular formula is C10H14ClNO2S. The summed E-state index contributed by atoms with van der Waals surface area (Å²) in [5.41, 5.74) is 2.08. The molecule has 0 unspecified atom stereocenters. The molecule has 0 N–H and O–H groups in total. The number of halogens is 1. The minimum atomic E-state index is -3.31. The molecule has 5 heteroatoms. The van der Waals surface area contributed by atoms with Crippen molar-refractivity contribution < 1.29 is 8.42 Å². The standard InChI is InChI=1S/C10H14ClNO2S/c1-9-4-3-5-10(6-9)7-12(2)15(13,14)8-11/h3-6H,7-8H2,1-2H3. The van der Waals surface area contributed by atoms with Crippen LogP contribution in [0.5, 0.6) is 0 Å². The summed E-state index contributed by atoms with van der Waals surface area (Å²) in [5.74, 6) is 0. The Morgan fingerprint density at radius 2 is 2.07 bits per heavy atom. The van der Waals surface area contributed by atoms with Gasteiger partial charge >= 0.3 is 0 Å². The molecule has 0 fully saturated rings. The van der Waals surface area contributed by atoms with E-state index in [0.29, 0.717) is 6.54 Å². The van der Waals surface area contributed by atoms with Gasteiger partial charge in [0.15, 0.2) is 0 Å². The average Bonchev–Trinajstić information content (AvgIpc) is 2.17. The minimum absolute atomic E-state index is 0.358. The lowest BCUT2D eigenvalue weighted by molar-refractivity contribution is 0.470. The van der Waals surface area contributed by atoms with Gasteiger partial charge in [0.2, 0.25) is 10.0 Å². The van der Waals surface area contributed by atoms with Crippen molar-refractivity contribution in [3.8, 4) is 0 Å². The van der Waals surface area contributed by atoms with E-state index in [1.807, 2.05) is 31.2 Å². The number of rotatable bonds is 4.